The molecule has 9 heteroatoms. The Kier molecular flexibility index (Phi) is 7.03. The number of aliphatic carboxylic acids is 1. The molecule has 3 atom stereocenters. The lowest BCUT2D eigenvalue weighted by Crippen LogP contribution is -2.55. The van der Waals surface area contributed by atoms with E-state index in [0.29, 0.717) is 11.4 Å². The van der Waals surface area contributed by atoms with Crippen LogP contribution in [0.4, 0.5) is 0 Å². The Morgan fingerprint density at radius 2 is 2.00 bits per heavy atom. The molecule has 2 fully saturated rings. The summed E-state index contributed by atoms with van der Waals surface area (Å²) in [6.07, 6.45) is 2.08. The molecule has 0 radical (unpaired) electrons. The minimum Gasteiger partial charge on any atom is -0.481 e. The molecule has 1 heterocycles. The number of amides is 1. The van der Waals surface area contributed by atoms with E-state index in [1.807, 2.05) is 6.07 Å². The number of carboxylic acid groups (broad SMARTS) is 1. The molecule has 31 heavy (non-hydrogen) atoms. The summed E-state index contributed by atoms with van der Waals surface area (Å²) in [6, 6.07) is 6.58. The number of likely N-dealkylation sites (tertiary alicyclic amines) is 1. The Balaban J connectivity index is 1.91. The van der Waals surface area contributed by atoms with Crippen molar-refractivity contribution in [2.24, 2.45) is 11.8 Å². The molecule has 1 aromatic rings. The second-order valence-electron chi connectivity index (χ2n) is 9.84. The first-order chi connectivity index (χ1) is 14.3. The molecule has 1 aliphatic carbocycles. The molecular formula is C22H31ClN2O5S. The van der Waals surface area contributed by atoms with Crippen LogP contribution in [-0.4, -0.2) is 54.2 Å². The molecule has 2 aliphatic rings. The van der Waals surface area contributed by atoms with E-state index in [1.54, 1.807) is 43.9 Å². The fourth-order valence-corrected chi connectivity index (χ4v) is 6.58. The van der Waals surface area contributed by atoms with Gasteiger partial charge in [-0.05, 0) is 69.6 Å². The number of benzene rings is 1. The molecule has 1 aliphatic heterocycles. The molecule has 7 nitrogen and oxygen atoms in total. The van der Waals surface area contributed by atoms with Crippen LogP contribution in [0.5, 0.6) is 0 Å². The number of nitrogens with one attached hydrogen (secondary N) is 1. The van der Waals surface area contributed by atoms with Crippen LogP contribution >= 0.6 is 11.6 Å². The quantitative estimate of drug-likeness (QED) is 0.607. The number of carbonyl (C=O) groups excluding carboxylic acids is 1. The molecule has 2 N–H and O–H groups in total. The van der Waals surface area contributed by atoms with Gasteiger partial charge in [-0.1, -0.05) is 23.7 Å². The Morgan fingerprint density at radius 1 is 1.32 bits per heavy atom. The van der Waals surface area contributed by atoms with Gasteiger partial charge < -0.3 is 10.0 Å². The number of rotatable bonds is 8. The maximum absolute atomic E-state index is 13.5. The van der Waals surface area contributed by atoms with Crippen molar-refractivity contribution in [2.45, 2.75) is 64.0 Å². The zero-order valence-electron chi connectivity index (χ0n) is 18.2. The summed E-state index contributed by atoms with van der Waals surface area (Å²) >= 11 is 6.13. The largest absolute Gasteiger partial charge is 0.481 e. The van der Waals surface area contributed by atoms with Crippen molar-refractivity contribution in [3.8, 4) is 0 Å². The van der Waals surface area contributed by atoms with Crippen molar-refractivity contribution in [1.82, 2.24) is 9.62 Å². The molecule has 0 bridgehead atoms. The van der Waals surface area contributed by atoms with Crippen LogP contribution in [0.15, 0.2) is 24.3 Å². The summed E-state index contributed by atoms with van der Waals surface area (Å²) < 4.78 is 28.3. The number of piperidine rings is 1. The van der Waals surface area contributed by atoms with Gasteiger partial charge in [-0.3, -0.25) is 9.59 Å². The average molecular weight is 471 g/mol. The third-order valence-electron chi connectivity index (χ3n) is 5.74. The highest BCUT2D eigenvalue weighted by atomic mass is 35.5. The lowest BCUT2D eigenvalue weighted by molar-refractivity contribution is -0.144. The van der Waals surface area contributed by atoms with Crippen molar-refractivity contribution >= 4 is 33.5 Å². The van der Waals surface area contributed by atoms with E-state index in [1.165, 1.54) is 0 Å². The first kappa shape index (κ1) is 24.0. The Labute approximate surface area is 189 Å². The van der Waals surface area contributed by atoms with Crippen molar-refractivity contribution in [3.05, 3.63) is 34.9 Å². The van der Waals surface area contributed by atoms with E-state index in [2.05, 4.69) is 4.72 Å². The Bertz CT molecular complexity index is 939. The third kappa shape index (κ3) is 6.67. The summed E-state index contributed by atoms with van der Waals surface area (Å²) in [5, 5.41) is 9.87. The highest BCUT2D eigenvalue weighted by Crippen LogP contribution is 2.41. The van der Waals surface area contributed by atoms with E-state index < -0.39 is 33.5 Å². The average Bonchev–Trinajstić information content (AvgIpc) is 3.43. The van der Waals surface area contributed by atoms with Gasteiger partial charge in [0, 0.05) is 29.6 Å². The van der Waals surface area contributed by atoms with E-state index in [4.69, 9.17) is 11.6 Å². The standard InChI is InChI=1S/C22H31ClN2O5S/c1-22(2,3)24-31(29,30)13-19(15-7-8-15)25-12-14(10-20(26)27)9-18(21(25)28)16-5-4-6-17(23)11-16/h4-6,11,14-15,18-19,24H,7-10,12-13H2,1-3H3,(H,26,27). The van der Waals surface area contributed by atoms with Gasteiger partial charge in [0.1, 0.15) is 0 Å². The lowest BCUT2D eigenvalue weighted by atomic mass is 9.81. The molecule has 1 amide bonds. The molecule has 1 saturated heterocycles. The molecule has 0 spiro atoms. The maximum Gasteiger partial charge on any atom is 0.303 e. The number of nitrogens with zero attached hydrogens (tertiary/aromatic N) is 1. The summed E-state index contributed by atoms with van der Waals surface area (Å²) in [7, 11) is -3.63. The second kappa shape index (κ2) is 9.08. The zero-order chi connectivity index (χ0) is 23.0. The van der Waals surface area contributed by atoms with Crippen LogP contribution in [0.1, 0.15) is 57.9 Å². The molecule has 3 unspecified atom stereocenters. The van der Waals surface area contributed by atoms with Crippen molar-refractivity contribution in [2.75, 3.05) is 12.3 Å². The SMILES string of the molecule is CC(C)(C)NS(=O)(=O)CC(C1CC1)N1CC(CC(=O)O)CC(c2cccc(Cl)c2)C1=O. The summed E-state index contributed by atoms with van der Waals surface area (Å²) in [5.41, 5.74) is 0.122. The number of carbonyl (C=O) groups is 2. The lowest BCUT2D eigenvalue weighted by Gasteiger charge is -2.42. The van der Waals surface area contributed by atoms with Crippen LogP contribution in [0.3, 0.4) is 0 Å². The number of carboxylic acids is 1. The molecule has 172 valence electrons. The van der Waals surface area contributed by atoms with Crippen LogP contribution in [0.25, 0.3) is 0 Å². The first-order valence-electron chi connectivity index (χ1n) is 10.6. The van der Waals surface area contributed by atoms with Crippen LogP contribution in [-0.2, 0) is 19.6 Å². The number of hydrogen-bond acceptors (Lipinski definition) is 4. The highest BCUT2D eigenvalue weighted by molar-refractivity contribution is 7.89. The van der Waals surface area contributed by atoms with Crippen molar-refractivity contribution < 1.29 is 23.1 Å². The molecular weight excluding hydrogens is 440 g/mol. The minimum atomic E-state index is -3.63. The molecule has 1 saturated carbocycles. The summed E-state index contributed by atoms with van der Waals surface area (Å²) in [4.78, 5) is 26.6. The highest BCUT2D eigenvalue weighted by Gasteiger charge is 2.45. The van der Waals surface area contributed by atoms with E-state index in [0.717, 1.165) is 18.4 Å². The number of hydrogen-bond donors (Lipinski definition) is 2. The van der Waals surface area contributed by atoms with Crippen LogP contribution in [0, 0.1) is 11.8 Å². The van der Waals surface area contributed by atoms with Gasteiger partial charge in [0.25, 0.3) is 0 Å². The third-order valence-corrected chi connectivity index (χ3v) is 7.68. The number of sulfonamides is 1. The van der Waals surface area contributed by atoms with Crippen LogP contribution in [0.2, 0.25) is 5.02 Å². The predicted molar refractivity (Wildman–Crippen MR) is 119 cm³/mol. The molecule has 0 aromatic heterocycles. The zero-order valence-corrected chi connectivity index (χ0v) is 19.7. The topological polar surface area (TPSA) is 104 Å². The van der Waals surface area contributed by atoms with E-state index >= 15 is 0 Å². The fourth-order valence-electron chi connectivity index (χ4n) is 4.47. The molecule has 3 rings (SSSR count). The smallest absolute Gasteiger partial charge is 0.303 e. The van der Waals surface area contributed by atoms with Crippen molar-refractivity contribution in [3.63, 3.8) is 0 Å². The van der Waals surface area contributed by atoms with Gasteiger partial charge in [-0.2, -0.15) is 0 Å². The normalized spacial score (nSPS) is 23.6. The Morgan fingerprint density at radius 3 is 2.55 bits per heavy atom. The van der Waals surface area contributed by atoms with Gasteiger partial charge in [0.15, 0.2) is 0 Å². The summed E-state index contributed by atoms with van der Waals surface area (Å²) in [6.45, 7) is 5.59. The van der Waals surface area contributed by atoms with E-state index in [9.17, 15) is 23.1 Å². The van der Waals surface area contributed by atoms with E-state index in [-0.39, 0.29) is 36.5 Å². The monoisotopic (exact) mass is 470 g/mol. The summed E-state index contributed by atoms with van der Waals surface area (Å²) in [5.74, 6) is -1.91. The van der Waals surface area contributed by atoms with Crippen LogP contribution < -0.4 is 4.72 Å². The van der Waals surface area contributed by atoms with Gasteiger partial charge >= 0.3 is 5.97 Å². The minimum absolute atomic E-state index is 0.0643. The van der Waals surface area contributed by atoms with Gasteiger partial charge in [0.05, 0.1) is 11.7 Å². The Hall–Kier alpha value is -1.64. The second-order valence-corrected chi connectivity index (χ2v) is 12.0. The predicted octanol–water partition coefficient (Wildman–Crippen LogP) is 3.24. The number of halogens is 1. The first-order valence-corrected chi connectivity index (χ1v) is 12.7. The van der Waals surface area contributed by atoms with Crippen molar-refractivity contribution in [1.29, 1.82) is 0 Å². The maximum atomic E-state index is 13.5. The fraction of sp³-hybridized carbons (Fsp3) is 0.636. The molecule has 1 aromatic carbocycles. The van der Waals surface area contributed by atoms with Gasteiger partial charge in [0.2, 0.25) is 15.9 Å². The van der Waals surface area contributed by atoms with Gasteiger partial charge in [-0.15, -0.1) is 0 Å². The van der Waals surface area contributed by atoms with Gasteiger partial charge in [-0.25, -0.2) is 13.1 Å².